The zero-order valence-corrected chi connectivity index (χ0v) is 33.7. The van der Waals surface area contributed by atoms with Crippen molar-refractivity contribution in [1.29, 1.82) is 0 Å². The average molecular weight is 847 g/mol. The molecule has 0 radical (unpaired) electrons. The molecule has 6 aromatic rings. The lowest BCUT2D eigenvalue weighted by molar-refractivity contribution is -0.138. The van der Waals surface area contributed by atoms with E-state index in [2.05, 4.69) is 35.9 Å². The fourth-order valence-electron chi connectivity index (χ4n) is 7.08. The molecule has 17 heteroatoms. The number of halogens is 6. The number of aryl methyl sites for hydroxylation is 1. The van der Waals surface area contributed by atoms with Crippen molar-refractivity contribution in [2.24, 2.45) is 0 Å². The molecule has 2 aromatic heterocycles. The van der Waals surface area contributed by atoms with Crippen molar-refractivity contribution in [2.75, 3.05) is 36.8 Å². The number of rotatable bonds is 6. The number of alkyl halides is 6. The minimum atomic E-state index is -4.52. The van der Waals surface area contributed by atoms with Crippen molar-refractivity contribution in [3.05, 3.63) is 102 Å². The van der Waals surface area contributed by atoms with E-state index in [1.54, 1.807) is 30.0 Å². The summed E-state index contributed by atoms with van der Waals surface area (Å²) in [6.45, 7) is 9.84. The highest BCUT2D eigenvalue weighted by Gasteiger charge is 2.34. The van der Waals surface area contributed by atoms with Gasteiger partial charge in [-0.1, -0.05) is 30.3 Å². The van der Waals surface area contributed by atoms with Crippen molar-refractivity contribution in [3.63, 3.8) is 0 Å². The molecular formula is C44H44F6N8O3. The molecule has 1 amide bonds. The van der Waals surface area contributed by atoms with Gasteiger partial charge in [-0.05, 0) is 107 Å². The number of amides is 1. The quantitative estimate of drug-likeness (QED) is 0.120. The van der Waals surface area contributed by atoms with Gasteiger partial charge in [0.15, 0.2) is 11.6 Å². The lowest BCUT2D eigenvalue weighted by Crippen LogP contribution is -2.36. The van der Waals surface area contributed by atoms with E-state index in [1.807, 2.05) is 51.1 Å². The Balaban J connectivity index is 0.000000189. The van der Waals surface area contributed by atoms with Crippen LogP contribution in [0.4, 0.5) is 42.8 Å². The van der Waals surface area contributed by atoms with Crippen LogP contribution in [0.3, 0.4) is 0 Å². The van der Waals surface area contributed by atoms with Gasteiger partial charge in [-0.25, -0.2) is 24.7 Å². The van der Waals surface area contributed by atoms with Gasteiger partial charge in [0, 0.05) is 48.1 Å². The molecule has 2 aliphatic heterocycles. The Bertz CT molecular complexity index is 2560. The number of para-hydroxylation sites is 2. The van der Waals surface area contributed by atoms with E-state index in [0.717, 1.165) is 60.6 Å². The zero-order valence-electron chi connectivity index (χ0n) is 33.7. The number of carbonyl (C=O) groups excluding carboxylic acids is 1. The molecule has 4 heterocycles. The molecule has 2 atom stereocenters. The van der Waals surface area contributed by atoms with E-state index in [0.29, 0.717) is 53.3 Å². The number of hydrogen-bond donors (Lipinski definition) is 4. The number of benzene rings is 4. The fraction of sp³-hybridized carbons (Fsp3) is 0.341. The average Bonchev–Trinajstić information content (AvgIpc) is 3.90. The van der Waals surface area contributed by atoms with Gasteiger partial charge in [0.25, 0.3) is 0 Å². The molecule has 0 aliphatic carbocycles. The fourth-order valence-corrected chi connectivity index (χ4v) is 7.08. The van der Waals surface area contributed by atoms with Gasteiger partial charge in [-0.15, -0.1) is 0 Å². The summed E-state index contributed by atoms with van der Waals surface area (Å²) in [5, 5.41) is 21.6. The summed E-state index contributed by atoms with van der Waals surface area (Å²) in [5.41, 5.74) is -0.0606. The molecule has 4 aromatic carbocycles. The molecule has 11 nitrogen and oxygen atoms in total. The Morgan fingerprint density at radius 1 is 0.738 bits per heavy atom. The minimum Gasteiger partial charge on any atom is -0.507 e. The monoisotopic (exact) mass is 846 g/mol. The molecular weight excluding hydrogens is 803 g/mol. The molecule has 8 rings (SSSR count). The number of phenolic OH excluding ortho intramolecular Hbond substituents is 1. The number of aromatic nitrogens is 4. The smallest absolute Gasteiger partial charge is 0.416 e. The molecule has 320 valence electrons. The second kappa shape index (κ2) is 17.0. The second-order valence-corrected chi connectivity index (χ2v) is 16.0. The first-order chi connectivity index (χ1) is 28.8. The van der Waals surface area contributed by atoms with Crippen LogP contribution < -0.4 is 16.0 Å². The molecule has 2 saturated heterocycles. The molecule has 2 aliphatic rings. The van der Waals surface area contributed by atoms with Crippen LogP contribution in [-0.2, 0) is 17.1 Å². The highest BCUT2D eigenvalue weighted by atomic mass is 19.4. The number of anilines is 2. The Labute approximate surface area is 347 Å². The normalized spacial score (nSPS) is 17.0. The Kier molecular flexibility index (Phi) is 12.0. The van der Waals surface area contributed by atoms with E-state index in [-0.39, 0.29) is 41.1 Å². The van der Waals surface area contributed by atoms with E-state index in [4.69, 9.17) is 4.74 Å². The Morgan fingerprint density at radius 2 is 1.28 bits per heavy atom. The van der Waals surface area contributed by atoms with E-state index < -0.39 is 29.1 Å². The maximum atomic E-state index is 13.3. The third-order valence-corrected chi connectivity index (χ3v) is 10.2. The summed E-state index contributed by atoms with van der Waals surface area (Å²) in [5.74, 6) is 1.03. The van der Waals surface area contributed by atoms with Crippen molar-refractivity contribution in [3.8, 4) is 28.5 Å². The summed E-state index contributed by atoms with van der Waals surface area (Å²) in [4.78, 5) is 32.0. The maximum Gasteiger partial charge on any atom is 0.416 e. The summed E-state index contributed by atoms with van der Waals surface area (Å²) in [6.07, 6.45) is -7.74. The summed E-state index contributed by atoms with van der Waals surface area (Å²) >= 11 is 0. The van der Waals surface area contributed by atoms with Gasteiger partial charge in [0.05, 0.1) is 27.7 Å². The van der Waals surface area contributed by atoms with Crippen LogP contribution in [0.5, 0.6) is 5.75 Å². The lowest BCUT2D eigenvalue weighted by atomic mass is 10.0. The Hall–Kier alpha value is -6.23. The largest absolute Gasteiger partial charge is 0.507 e. The molecule has 0 unspecified atom stereocenters. The first kappa shape index (κ1) is 42.9. The van der Waals surface area contributed by atoms with Gasteiger partial charge in [-0.2, -0.15) is 26.3 Å². The number of nitrogens with zero attached hydrogens (tertiary/aromatic N) is 5. The van der Waals surface area contributed by atoms with Gasteiger partial charge in [-0.3, -0.25) is 0 Å². The third kappa shape index (κ3) is 10.2. The van der Waals surface area contributed by atoms with Gasteiger partial charge < -0.3 is 30.7 Å². The first-order valence-corrected chi connectivity index (χ1v) is 19.7. The van der Waals surface area contributed by atoms with E-state index in [9.17, 15) is 36.2 Å². The molecule has 0 bridgehead atoms. The SMILES string of the molecule is Cc1ccc(C(F)(F)F)cc1-c1nc(N[C@H]2CCN(C(=O)OC(C)(C)C)C2)c2ccccc2n1.Oc1ccc(C(F)(F)F)cc1-c1nc(N[C@H]2CCNC2)c2ccccc2n1. The standard InChI is InChI=1S/C25H27F3N4O2.C19H17F3N4O/c1-15-9-10-16(25(26,27)28)13-19(15)22-30-20-8-6-5-7-18(20)21(31-22)29-17-11-12-32(14-17)23(33)34-24(2,3)4;20-19(21,22)11-5-6-16(27)14(9-11)18-25-15-4-2-1-3-13(15)17(26-18)24-12-7-8-23-10-12/h5-10,13,17H,11-12,14H2,1-4H3,(H,29,30,31);1-6,9,12,23,27H,7-8,10H2,(H,24,25,26)/t17-;12-/m00/s1. The highest BCUT2D eigenvalue weighted by molar-refractivity contribution is 5.92. The molecule has 0 spiro atoms. The van der Waals surface area contributed by atoms with Crippen molar-refractivity contribution in [1.82, 2.24) is 30.2 Å². The van der Waals surface area contributed by atoms with Gasteiger partial charge >= 0.3 is 18.4 Å². The van der Waals surface area contributed by atoms with Crippen LogP contribution in [-0.4, -0.2) is 79.9 Å². The van der Waals surface area contributed by atoms with Crippen LogP contribution in [0.1, 0.15) is 50.3 Å². The van der Waals surface area contributed by atoms with Gasteiger partial charge in [0.2, 0.25) is 0 Å². The predicted octanol–water partition coefficient (Wildman–Crippen LogP) is 9.84. The number of carbonyl (C=O) groups is 1. The number of phenols is 1. The van der Waals surface area contributed by atoms with Crippen molar-refractivity contribution >= 4 is 39.5 Å². The van der Waals surface area contributed by atoms with Crippen LogP contribution in [0.25, 0.3) is 44.6 Å². The number of aromatic hydroxyl groups is 1. The maximum absolute atomic E-state index is 13.3. The number of fused-ring (bicyclic) bond motifs is 2. The summed E-state index contributed by atoms with van der Waals surface area (Å²) in [7, 11) is 0. The minimum absolute atomic E-state index is 0.0470. The number of likely N-dealkylation sites (tertiary alicyclic amines) is 1. The highest BCUT2D eigenvalue weighted by Crippen LogP contribution is 2.38. The van der Waals surface area contributed by atoms with Crippen LogP contribution in [0, 0.1) is 6.92 Å². The number of ether oxygens (including phenoxy) is 1. The molecule has 0 saturated carbocycles. The van der Waals surface area contributed by atoms with Crippen LogP contribution >= 0.6 is 0 Å². The van der Waals surface area contributed by atoms with E-state index in [1.165, 1.54) is 6.07 Å². The second-order valence-electron chi connectivity index (χ2n) is 16.0. The van der Waals surface area contributed by atoms with Crippen LogP contribution in [0.2, 0.25) is 0 Å². The first-order valence-electron chi connectivity index (χ1n) is 19.7. The molecule has 61 heavy (non-hydrogen) atoms. The Morgan fingerprint density at radius 3 is 1.84 bits per heavy atom. The molecule has 4 N–H and O–H groups in total. The lowest BCUT2D eigenvalue weighted by Gasteiger charge is -2.24. The van der Waals surface area contributed by atoms with Crippen molar-refractivity contribution < 1.29 is 41.0 Å². The topological polar surface area (TPSA) is 137 Å². The number of hydrogen-bond acceptors (Lipinski definition) is 10. The summed E-state index contributed by atoms with van der Waals surface area (Å²) < 4.78 is 84.7. The van der Waals surface area contributed by atoms with Crippen molar-refractivity contribution in [2.45, 2.75) is 70.6 Å². The van der Waals surface area contributed by atoms with Crippen LogP contribution in [0.15, 0.2) is 84.9 Å². The molecule has 2 fully saturated rings. The third-order valence-electron chi connectivity index (χ3n) is 10.2. The zero-order chi connectivity index (χ0) is 43.7. The van der Waals surface area contributed by atoms with E-state index >= 15 is 0 Å². The summed E-state index contributed by atoms with van der Waals surface area (Å²) in [6, 6.07) is 21.0. The van der Waals surface area contributed by atoms with Gasteiger partial charge in [0.1, 0.15) is 23.0 Å². The predicted molar refractivity (Wildman–Crippen MR) is 221 cm³/mol. The number of nitrogens with one attached hydrogen (secondary N) is 3.